The Morgan fingerprint density at radius 3 is 2.64 bits per heavy atom. The summed E-state index contributed by atoms with van der Waals surface area (Å²) in [4.78, 5) is 20.3. The van der Waals surface area contributed by atoms with Crippen molar-refractivity contribution in [2.75, 3.05) is 39.1 Å². The zero-order valence-electron chi connectivity index (χ0n) is 15.7. The van der Waals surface area contributed by atoms with Gasteiger partial charge in [0.25, 0.3) is 0 Å². The zero-order valence-corrected chi connectivity index (χ0v) is 15.7. The van der Waals surface area contributed by atoms with E-state index in [4.69, 9.17) is 0 Å². The lowest BCUT2D eigenvalue weighted by Crippen LogP contribution is -2.30. The lowest BCUT2D eigenvalue weighted by molar-refractivity contribution is -0.121. The first kappa shape index (κ1) is 19.1. The highest BCUT2D eigenvalue weighted by Crippen LogP contribution is 2.23. The summed E-state index contributed by atoms with van der Waals surface area (Å²) in [5.74, 6) is 0.641. The molecular formula is C18H28N6O. The molecule has 2 heterocycles. The molecule has 0 aromatic carbocycles. The fourth-order valence-corrected chi connectivity index (χ4v) is 2.59. The van der Waals surface area contributed by atoms with Crippen LogP contribution in [-0.4, -0.2) is 60.2 Å². The molecule has 2 aromatic heterocycles. The van der Waals surface area contributed by atoms with Gasteiger partial charge in [0, 0.05) is 49.9 Å². The maximum absolute atomic E-state index is 12.1. The Bertz CT molecular complexity index is 679. The lowest BCUT2D eigenvalue weighted by Gasteiger charge is -2.19. The van der Waals surface area contributed by atoms with Gasteiger partial charge in [0.1, 0.15) is 5.82 Å². The van der Waals surface area contributed by atoms with Gasteiger partial charge in [0.05, 0.1) is 11.9 Å². The van der Waals surface area contributed by atoms with Gasteiger partial charge >= 0.3 is 0 Å². The molecule has 1 amide bonds. The molecule has 0 spiro atoms. The molecule has 0 atom stereocenters. The molecule has 2 N–H and O–H groups in total. The van der Waals surface area contributed by atoms with Gasteiger partial charge in [-0.25, -0.2) is 4.98 Å². The van der Waals surface area contributed by atoms with Crippen molar-refractivity contribution in [2.24, 2.45) is 5.92 Å². The maximum atomic E-state index is 12.1. The van der Waals surface area contributed by atoms with E-state index in [0.717, 1.165) is 36.5 Å². The predicted octanol–water partition coefficient (Wildman–Crippen LogP) is 1.74. The van der Waals surface area contributed by atoms with Crippen LogP contribution in [0.5, 0.6) is 0 Å². The van der Waals surface area contributed by atoms with E-state index in [1.807, 2.05) is 39.2 Å². The number of pyridine rings is 1. The number of hydrogen-bond acceptors (Lipinski definition) is 5. The maximum Gasteiger partial charge on any atom is 0.230 e. The van der Waals surface area contributed by atoms with Gasteiger partial charge in [-0.1, -0.05) is 13.8 Å². The number of amides is 1. The lowest BCUT2D eigenvalue weighted by atomic mass is 10.1. The van der Waals surface area contributed by atoms with Crippen LogP contribution in [0, 0.1) is 5.92 Å². The molecule has 0 fully saturated rings. The highest BCUT2D eigenvalue weighted by molar-refractivity contribution is 5.93. The molecule has 0 aliphatic heterocycles. The molecule has 2 aromatic rings. The Labute approximate surface area is 149 Å². The van der Waals surface area contributed by atoms with E-state index in [1.165, 1.54) is 0 Å². The molecule has 0 saturated heterocycles. The van der Waals surface area contributed by atoms with Crippen LogP contribution >= 0.6 is 0 Å². The SMILES string of the molecule is CNCCN(C)Cc1cn[nH]c1-c1ccc(N(C)C(=O)C(C)C)nc1. The Hall–Kier alpha value is -2.25. The van der Waals surface area contributed by atoms with Gasteiger partial charge in [-0.2, -0.15) is 5.10 Å². The summed E-state index contributed by atoms with van der Waals surface area (Å²) >= 11 is 0. The van der Waals surface area contributed by atoms with Crippen LogP contribution in [0.2, 0.25) is 0 Å². The predicted molar refractivity (Wildman–Crippen MR) is 100 cm³/mol. The van der Waals surface area contributed by atoms with Crippen molar-refractivity contribution < 1.29 is 4.79 Å². The molecule has 136 valence electrons. The standard InChI is InChI=1S/C18H28N6O/c1-13(2)18(25)24(5)16-7-6-14(10-20-16)17-15(11-21-22-17)12-23(4)9-8-19-3/h6-7,10-11,13,19H,8-9,12H2,1-5H3,(H,21,22). The van der Waals surface area contributed by atoms with Crippen molar-refractivity contribution in [1.29, 1.82) is 0 Å². The zero-order chi connectivity index (χ0) is 18.4. The van der Waals surface area contributed by atoms with Crippen LogP contribution in [0.25, 0.3) is 11.3 Å². The minimum absolute atomic E-state index is 0.0497. The van der Waals surface area contributed by atoms with E-state index in [0.29, 0.717) is 5.82 Å². The summed E-state index contributed by atoms with van der Waals surface area (Å²) in [6.07, 6.45) is 3.64. The number of carbonyl (C=O) groups is 1. The van der Waals surface area contributed by atoms with Gasteiger partial charge in [0.2, 0.25) is 5.91 Å². The highest BCUT2D eigenvalue weighted by Gasteiger charge is 2.16. The minimum atomic E-state index is -0.0566. The fraction of sp³-hybridized carbons (Fsp3) is 0.500. The summed E-state index contributed by atoms with van der Waals surface area (Å²) in [5, 5.41) is 10.4. The van der Waals surface area contributed by atoms with Gasteiger partial charge in [-0.3, -0.25) is 14.8 Å². The number of likely N-dealkylation sites (N-methyl/N-ethyl adjacent to an activating group) is 2. The van der Waals surface area contributed by atoms with Gasteiger partial charge in [-0.15, -0.1) is 0 Å². The van der Waals surface area contributed by atoms with Crippen molar-refractivity contribution in [1.82, 2.24) is 25.4 Å². The quantitative estimate of drug-likeness (QED) is 0.763. The number of H-pyrrole nitrogens is 1. The largest absolute Gasteiger partial charge is 0.318 e. The summed E-state index contributed by atoms with van der Waals surface area (Å²) in [6, 6.07) is 3.84. The van der Waals surface area contributed by atoms with Gasteiger partial charge in [0.15, 0.2) is 0 Å². The molecular weight excluding hydrogens is 316 g/mol. The number of nitrogens with one attached hydrogen (secondary N) is 2. The van der Waals surface area contributed by atoms with Crippen LogP contribution in [0.3, 0.4) is 0 Å². The van der Waals surface area contributed by atoms with E-state index < -0.39 is 0 Å². The second-order valence-electron chi connectivity index (χ2n) is 6.57. The average molecular weight is 344 g/mol. The molecule has 0 saturated carbocycles. The van der Waals surface area contributed by atoms with Crippen molar-refractivity contribution in [3.8, 4) is 11.3 Å². The Balaban J connectivity index is 2.13. The van der Waals surface area contributed by atoms with E-state index in [2.05, 4.69) is 32.4 Å². The van der Waals surface area contributed by atoms with Gasteiger partial charge in [-0.05, 0) is 26.2 Å². The van der Waals surface area contributed by atoms with Crippen LogP contribution in [0.15, 0.2) is 24.5 Å². The van der Waals surface area contributed by atoms with E-state index in [1.54, 1.807) is 18.1 Å². The molecule has 7 heteroatoms. The van der Waals surface area contributed by atoms with Crippen LogP contribution in [-0.2, 0) is 11.3 Å². The summed E-state index contributed by atoms with van der Waals surface area (Å²) in [5.41, 5.74) is 3.05. The second-order valence-corrected chi connectivity index (χ2v) is 6.57. The van der Waals surface area contributed by atoms with Crippen molar-refractivity contribution in [3.63, 3.8) is 0 Å². The van der Waals surface area contributed by atoms with E-state index in [-0.39, 0.29) is 11.8 Å². The number of carbonyl (C=O) groups excluding carboxylic acids is 1. The topological polar surface area (TPSA) is 77.2 Å². The first-order valence-electron chi connectivity index (χ1n) is 8.53. The third-order valence-electron chi connectivity index (χ3n) is 4.11. The molecule has 25 heavy (non-hydrogen) atoms. The van der Waals surface area contributed by atoms with Crippen LogP contribution in [0.4, 0.5) is 5.82 Å². The monoisotopic (exact) mass is 344 g/mol. The average Bonchev–Trinajstić information content (AvgIpc) is 3.06. The van der Waals surface area contributed by atoms with Crippen molar-refractivity contribution >= 4 is 11.7 Å². The Morgan fingerprint density at radius 1 is 1.28 bits per heavy atom. The Kier molecular flexibility index (Phi) is 6.66. The Morgan fingerprint density at radius 2 is 2.04 bits per heavy atom. The number of aromatic amines is 1. The number of anilines is 1. The molecule has 0 bridgehead atoms. The molecule has 0 aliphatic carbocycles. The smallest absolute Gasteiger partial charge is 0.230 e. The van der Waals surface area contributed by atoms with E-state index in [9.17, 15) is 4.79 Å². The first-order valence-corrected chi connectivity index (χ1v) is 8.53. The number of rotatable bonds is 8. The molecule has 2 rings (SSSR count). The summed E-state index contributed by atoms with van der Waals surface area (Å²) in [6.45, 7) is 6.47. The highest BCUT2D eigenvalue weighted by atomic mass is 16.2. The van der Waals surface area contributed by atoms with E-state index >= 15 is 0 Å². The normalized spacial score (nSPS) is 11.3. The molecule has 0 radical (unpaired) electrons. The van der Waals surface area contributed by atoms with Crippen molar-refractivity contribution in [2.45, 2.75) is 20.4 Å². The fourth-order valence-electron chi connectivity index (χ4n) is 2.59. The third-order valence-corrected chi connectivity index (χ3v) is 4.11. The second kappa shape index (κ2) is 8.73. The van der Waals surface area contributed by atoms with Gasteiger partial charge < -0.3 is 10.2 Å². The summed E-state index contributed by atoms with van der Waals surface area (Å²) in [7, 11) is 5.79. The number of nitrogens with zero attached hydrogens (tertiary/aromatic N) is 4. The molecule has 0 unspecified atom stereocenters. The third kappa shape index (κ3) is 4.87. The minimum Gasteiger partial charge on any atom is -0.318 e. The first-order chi connectivity index (χ1) is 11.9. The number of hydrogen-bond donors (Lipinski definition) is 2. The van der Waals surface area contributed by atoms with Crippen LogP contribution in [0.1, 0.15) is 19.4 Å². The van der Waals surface area contributed by atoms with Crippen LogP contribution < -0.4 is 10.2 Å². The molecule has 7 nitrogen and oxygen atoms in total. The molecule has 0 aliphatic rings. The number of aromatic nitrogens is 3. The van der Waals surface area contributed by atoms with Crippen molar-refractivity contribution in [3.05, 3.63) is 30.1 Å². The summed E-state index contributed by atoms with van der Waals surface area (Å²) < 4.78 is 0.